The Morgan fingerprint density at radius 1 is 1.16 bits per heavy atom. The van der Waals surface area contributed by atoms with Gasteiger partial charge in [-0.05, 0) is 52.5 Å². The van der Waals surface area contributed by atoms with Gasteiger partial charge in [-0.1, -0.05) is 34.1 Å². The minimum Gasteiger partial charge on any atom is -0.481 e. The molecular weight excluding hydrogens is 392 g/mol. The molecule has 5 heteroatoms. The van der Waals surface area contributed by atoms with Gasteiger partial charge in [-0.3, -0.25) is 4.79 Å². The second-order valence-corrected chi connectivity index (χ2v) is 7.64. The summed E-state index contributed by atoms with van der Waals surface area (Å²) in [6.07, 6.45) is 1.10. The number of benzene rings is 1. The summed E-state index contributed by atoms with van der Waals surface area (Å²) in [6.45, 7) is 0. The molecule has 0 saturated carbocycles. The summed E-state index contributed by atoms with van der Waals surface area (Å²) in [5.74, 6) is -1.15. The molecule has 0 amide bonds. The number of thiophene rings is 1. The van der Waals surface area contributed by atoms with Crippen molar-refractivity contribution in [2.75, 3.05) is 0 Å². The Morgan fingerprint density at radius 2 is 1.89 bits per heavy atom. The standard InChI is InChI=1S/C14H12Br2O2S/c15-12-4-2-1-3-9(12)7-10(14(17)18)8-11-5-6-13(16)19-11/h1-6,10H,7-8H2,(H,17,18). The van der Waals surface area contributed by atoms with Gasteiger partial charge in [0.2, 0.25) is 0 Å². The second kappa shape index (κ2) is 6.68. The average Bonchev–Trinajstić information content (AvgIpc) is 2.76. The smallest absolute Gasteiger partial charge is 0.307 e. The summed E-state index contributed by atoms with van der Waals surface area (Å²) in [5, 5.41) is 9.37. The summed E-state index contributed by atoms with van der Waals surface area (Å²) < 4.78 is 2.00. The predicted octanol–water partition coefficient (Wildman–Crippen LogP) is 4.76. The minimum absolute atomic E-state index is 0.399. The second-order valence-electron chi connectivity index (χ2n) is 4.24. The summed E-state index contributed by atoms with van der Waals surface area (Å²) >= 11 is 8.46. The normalized spacial score (nSPS) is 12.3. The van der Waals surface area contributed by atoms with E-state index in [4.69, 9.17) is 0 Å². The number of halogens is 2. The van der Waals surface area contributed by atoms with Crippen molar-refractivity contribution < 1.29 is 9.90 Å². The van der Waals surface area contributed by atoms with Crippen LogP contribution < -0.4 is 0 Å². The van der Waals surface area contributed by atoms with Crippen molar-refractivity contribution in [1.82, 2.24) is 0 Å². The molecule has 1 aromatic carbocycles. The van der Waals surface area contributed by atoms with E-state index >= 15 is 0 Å². The zero-order valence-electron chi connectivity index (χ0n) is 9.98. The third-order valence-electron chi connectivity index (χ3n) is 2.85. The van der Waals surface area contributed by atoms with E-state index in [1.807, 2.05) is 36.4 Å². The Labute approximate surface area is 132 Å². The average molecular weight is 404 g/mol. The zero-order chi connectivity index (χ0) is 13.8. The van der Waals surface area contributed by atoms with Crippen LogP contribution in [0.4, 0.5) is 0 Å². The Kier molecular flexibility index (Phi) is 5.19. The molecule has 1 unspecified atom stereocenters. The van der Waals surface area contributed by atoms with Crippen LogP contribution in [0, 0.1) is 5.92 Å². The molecule has 1 heterocycles. The summed E-state index contributed by atoms with van der Waals surface area (Å²) in [4.78, 5) is 12.5. The van der Waals surface area contributed by atoms with E-state index < -0.39 is 11.9 Å². The fraction of sp³-hybridized carbons (Fsp3) is 0.214. The first-order valence-electron chi connectivity index (χ1n) is 5.76. The van der Waals surface area contributed by atoms with E-state index in [-0.39, 0.29) is 0 Å². The molecule has 19 heavy (non-hydrogen) atoms. The van der Waals surface area contributed by atoms with Gasteiger partial charge < -0.3 is 5.11 Å². The van der Waals surface area contributed by atoms with E-state index in [9.17, 15) is 9.90 Å². The number of aliphatic carboxylic acids is 1. The molecule has 2 aromatic rings. The first-order chi connectivity index (χ1) is 9.06. The van der Waals surface area contributed by atoms with Crippen LogP contribution in [0.2, 0.25) is 0 Å². The third kappa shape index (κ3) is 4.16. The van der Waals surface area contributed by atoms with Crippen molar-refractivity contribution in [1.29, 1.82) is 0 Å². The highest BCUT2D eigenvalue weighted by Crippen LogP contribution is 2.27. The highest BCUT2D eigenvalue weighted by molar-refractivity contribution is 9.11. The lowest BCUT2D eigenvalue weighted by Gasteiger charge is -2.12. The van der Waals surface area contributed by atoms with Crippen molar-refractivity contribution in [3.63, 3.8) is 0 Å². The van der Waals surface area contributed by atoms with Gasteiger partial charge in [0.1, 0.15) is 0 Å². The van der Waals surface area contributed by atoms with Gasteiger partial charge in [-0.2, -0.15) is 0 Å². The molecule has 2 rings (SSSR count). The van der Waals surface area contributed by atoms with E-state index in [2.05, 4.69) is 31.9 Å². The van der Waals surface area contributed by atoms with Gasteiger partial charge in [-0.25, -0.2) is 0 Å². The fourth-order valence-electron chi connectivity index (χ4n) is 1.88. The van der Waals surface area contributed by atoms with Crippen LogP contribution in [0.5, 0.6) is 0 Å². The lowest BCUT2D eigenvalue weighted by molar-refractivity contribution is -0.141. The molecule has 0 radical (unpaired) electrons. The van der Waals surface area contributed by atoms with Gasteiger partial charge in [0.05, 0.1) is 9.70 Å². The van der Waals surface area contributed by atoms with Crippen LogP contribution in [0.25, 0.3) is 0 Å². The topological polar surface area (TPSA) is 37.3 Å². The Morgan fingerprint density at radius 3 is 2.47 bits per heavy atom. The van der Waals surface area contributed by atoms with Crippen LogP contribution in [0.15, 0.2) is 44.7 Å². The lowest BCUT2D eigenvalue weighted by Crippen LogP contribution is -2.18. The first-order valence-corrected chi connectivity index (χ1v) is 8.17. The predicted molar refractivity (Wildman–Crippen MR) is 84.7 cm³/mol. The van der Waals surface area contributed by atoms with Gasteiger partial charge in [0.15, 0.2) is 0 Å². The van der Waals surface area contributed by atoms with Crippen LogP contribution in [0.3, 0.4) is 0 Å². The van der Waals surface area contributed by atoms with E-state index in [0.29, 0.717) is 12.8 Å². The van der Waals surface area contributed by atoms with Crippen molar-refractivity contribution >= 4 is 49.2 Å². The lowest BCUT2D eigenvalue weighted by atomic mass is 9.96. The molecule has 0 spiro atoms. The van der Waals surface area contributed by atoms with Crippen LogP contribution >= 0.6 is 43.2 Å². The first kappa shape index (κ1) is 14.8. The molecule has 1 aromatic heterocycles. The Hall–Kier alpha value is -0.650. The van der Waals surface area contributed by atoms with Gasteiger partial charge in [0, 0.05) is 9.35 Å². The largest absolute Gasteiger partial charge is 0.481 e. The van der Waals surface area contributed by atoms with Crippen molar-refractivity contribution in [2.45, 2.75) is 12.8 Å². The van der Waals surface area contributed by atoms with Crippen molar-refractivity contribution in [2.24, 2.45) is 5.92 Å². The number of rotatable bonds is 5. The molecule has 100 valence electrons. The zero-order valence-corrected chi connectivity index (χ0v) is 14.0. The van der Waals surface area contributed by atoms with Gasteiger partial charge in [-0.15, -0.1) is 11.3 Å². The summed E-state index contributed by atoms with van der Waals surface area (Å²) in [5.41, 5.74) is 1.03. The third-order valence-corrected chi connectivity index (χ3v) is 5.27. The quantitative estimate of drug-likeness (QED) is 0.781. The Balaban J connectivity index is 2.13. The van der Waals surface area contributed by atoms with Crippen molar-refractivity contribution in [3.05, 3.63) is 55.1 Å². The maximum Gasteiger partial charge on any atom is 0.307 e. The van der Waals surface area contributed by atoms with E-state index in [1.54, 1.807) is 11.3 Å². The Bertz CT molecular complexity index is 580. The monoisotopic (exact) mass is 402 g/mol. The molecule has 0 fully saturated rings. The highest BCUT2D eigenvalue weighted by atomic mass is 79.9. The van der Waals surface area contributed by atoms with E-state index in [1.165, 1.54) is 0 Å². The molecule has 0 aliphatic carbocycles. The molecule has 0 aliphatic heterocycles. The molecule has 0 saturated heterocycles. The van der Waals surface area contributed by atoms with Crippen molar-refractivity contribution in [3.8, 4) is 0 Å². The fourth-order valence-corrected chi connectivity index (χ4v) is 3.89. The number of carboxylic acid groups (broad SMARTS) is 1. The summed E-state index contributed by atoms with van der Waals surface area (Å²) in [6, 6.07) is 11.7. The number of carboxylic acids is 1. The SMILES string of the molecule is O=C(O)C(Cc1ccc(Br)s1)Cc1ccccc1Br. The minimum atomic E-state index is -0.750. The van der Waals surface area contributed by atoms with Gasteiger partial charge >= 0.3 is 5.97 Å². The molecule has 1 N–H and O–H groups in total. The van der Waals surface area contributed by atoms with Crippen LogP contribution in [-0.2, 0) is 17.6 Å². The molecule has 2 nitrogen and oxygen atoms in total. The number of hydrogen-bond acceptors (Lipinski definition) is 2. The highest BCUT2D eigenvalue weighted by Gasteiger charge is 2.20. The molecule has 1 atom stereocenters. The van der Waals surface area contributed by atoms with Crippen LogP contribution in [0.1, 0.15) is 10.4 Å². The number of hydrogen-bond donors (Lipinski definition) is 1. The molecule has 0 aliphatic rings. The van der Waals surface area contributed by atoms with Crippen LogP contribution in [-0.4, -0.2) is 11.1 Å². The molecular formula is C14H12Br2O2S. The summed E-state index contributed by atoms with van der Waals surface area (Å²) in [7, 11) is 0. The maximum absolute atomic E-state index is 11.4. The number of carbonyl (C=O) groups is 1. The van der Waals surface area contributed by atoms with E-state index in [0.717, 1.165) is 18.7 Å². The van der Waals surface area contributed by atoms with Gasteiger partial charge in [0.25, 0.3) is 0 Å². The molecule has 0 bridgehead atoms. The maximum atomic E-state index is 11.4.